The molecule has 0 saturated carbocycles. The average molecular weight is 226 g/mol. The molecule has 1 aromatic heterocycles. The number of pyridine rings is 1. The van der Waals surface area contributed by atoms with E-state index >= 15 is 0 Å². The molecule has 80 valence electrons. The lowest BCUT2D eigenvalue weighted by Gasteiger charge is -2.02. The zero-order valence-electron chi connectivity index (χ0n) is 8.33. The van der Waals surface area contributed by atoms with Crippen molar-refractivity contribution in [1.29, 1.82) is 0 Å². The highest BCUT2D eigenvalue weighted by molar-refractivity contribution is 5.84. The first-order chi connectivity index (χ1) is 6.83. The van der Waals surface area contributed by atoms with Crippen LogP contribution in [0.15, 0.2) is 30.5 Å². The summed E-state index contributed by atoms with van der Waals surface area (Å²) in [6.45, 7) is 0.550. The van der Waals surface area contributed by atoms with Crippen LogP contribution in [0.5, 0.6) is 5.75 Å². The van der Waals surface area contributed by atoms with E-state index in [1.165, 1.54) is 0 Å². The molecule has 0 aliphatic rings. The number of hydrogen-bond acceptors (Lipinski definition) is 2. The Bertz CT molecular complexity index is 459. The molecule has 3 nitrogen and oxygen atoms in total. The van der Waals surface area contributed by atoms with Crippen LogP contribution in [0.25, 0.3) is 10.9 Å². The van der Waals surface area contributed by atoms with Gasteiger partial charge in [0.2, 0.25) is 0 Å². The minimum atomic E-state index is 0. The molecule has 2 rings (SSSR count). The standard InChI is InChI=1S/C11H11NO2.ClH/c1-14-7-8-4-5-10(13)11-9(8)3-2-6-12-11;/h2-6,13H,7H2,1H3;1H. The van der Waals surface area contributed by atoms with E-state index in [4.69, 9.17) is 4.74 Å². The molecule has 0 unspecified atom stereocenters. The van der Waals surface area contributed by atoms with Crippen LogP contribution < -0.4 is 17.4 Å². The van der Waals surface area contributed by atoms with E-state index in [-0.39, 0.29) is 18.2 Å². The lowest BCUT2D eigenvalue weighted by molar-refractivity contribution is -0.345. The summed E-state index contributed by atoms with van der Waals surface area (Å²) in [5, 5.41) is 10.6. The monoisotopic (exact) mass is 225 g/mol. The summed E-state index contributed by atoms with van der Waals surface area (Å²) in [5.74, 6) is 0.264. The van der Waals surface area contributed by atoms with Crippen molar-refractivity contribution in [3.05, 3.63) is 36.0 Å². The second-order valence-corrected chi connectivity index (χ2v) is 3.14. The third kappa shape index (κ3) is 2.19. The van der Waals surface area contributed by atoms with Gasteiger partial charge in [0, 0.05) is 13.2 Å². The number of hydrogen-bond donors (Lipinski definition) is 1. The van der Waals surface area contributed by atoms with E-state index in [0.29, 0.717) is 6.61 Å². The van der Waals surface area contributed by atoms with Crippen molar-refractivity contribution in [3.8, 4) is 5.75 Å². The second-order valence-electron chi connectivity index (χ2n) is 3.14. The molecule has 0 amide bonds. The molecule has 0 aliphatic heterocycles. The first-order valence-electron chi connectivity index (χ1n) is 4.43. The molecule has 0 spiro atoms. The molecular formula is C11H12ClNO2. The van der Waals surface area contributed by atoms with Crippen LogP contribution in [-0.4, -0.2) is 12.2 Å². The molecule has 0 saturated heterocycles. The van der Waals surface area contributed by atoms with Gasteiger partial charge in [0.1, 0.15) is 0 Å². The molecule has 0 bridgehead atoms. The van der Waals surface area contributed by atoms with E-state index in [0.717, 1.165) is 16.5 Å². The number of halogens is 1. The molecule has 0 aliphatic carbocycles. The third-order valence-electron chi connectivity index (χ3n) is 2.20. The van der Waals surface area contributed by atoms with Crippen LogP contribution in [0, 0.1) is 0 Å². The summed E-state index contributed by atoms with van der Waals surface area (Å²) < 4.78 is 5.08. The Morgan fingerprint density at radius 1 is 1.33 bits per heavy atom. The van der Waals surface area contributed by atoms with Gasteiger partial charge in [0.25, 0.3) is 5.52 Å². The molecule has 0 atom stereocenters. The summed E-state index contributed by atoms with van der Waals surface area (Å²) in [6, 6.07) is 7.41. The van der Waals surface area contributed by atoms with Crippen LogP contribution >= 0.6 is 0 Å². The van der Waals surface area contributed by atoms with Crippen LogP contribution in [0.1, 0.15) is 5.56 Å². The number of nitrogens with one attached hydrogen (secondary N) is 1. The fourth-order valence-corrected chi connectivity index (χ4v) is 1.55. The molecule has 1 aromatic carbocycles. The van der Waals surface area contributed by atoms with Crippen LogP contribution in [-0.2, 0) is 11.3 Å². The maximum atomic E-state index is 9.59. The van der Waals surface area contributed by atoms with Crippen LogP contribution in [0.3, 0.4) is 0 Å². The minimum absolute atomic E-state index is 0. The fraction of sp³-hybridized carbons (Fsp3) is 0.182. The van der Waals surface area contributed by atoms with Gasteiger partial charge in [-0.3, -0.25) is 0 Å². The van der Waals surface area contributed by atoms with E-state index in [1.807, 2.05) is 18.2 Å². The lowest BCUT2D eigenvalue weighted by atomic mass is 10.1. The topological polar surface area (TPSA) is 43.6 Å². The van der Waals surface area contributed by atoms with Crippen molar-refractivity contribution in [1.82, 2.24) is 0 Å². The van der Waals surface area contributed by atoms with E-state index in [2.05, 4.69) is 4.98 Å². The SMILES string of the molecule is COCc1ccc(O)c2[nH+]cccc12.[Cl-]. The van der Waals surface area contributed by atoms with Gasteiger partial charge in [-0.05, 0) is 17.7 Å². The normalized spacial score (nSPS) is 9.93. The van der Waals surface area contributed by atoms with Gasteiger partial charge in [0.15, 0.2) is 11.9 Å². The maximum Gasteiger partial charge on any atom is 0.253 e. The first-order valence-corrected chi connectivity index (χ1v) is 4.43. The van der Waals surface area contributed by atoms with Gasteiger partial charge < -0.3 is 22.3 Å². The summed E-state index contributed by atoms with van der Waals surface area (Å²) in [6.07, 6.45) is 1.79. The molecule has 0 fully saturated rings. The number of aromatic nitrogens is 1. The zero-order chi connectivity index (χ0) is 9.97. The number of methoxy groups -OCH3 is 1. The van der Waals surface area contributed by atoms with Crippen molar-refractivity contribution in [2.45, 2.75) is 6.61 Å². The first kappa shape index (κ1) is 11.8. The van der Waals surface area contributed by atoms with Crippen LogP contribution in [0.2, 0.25) is 0 Å². The van der Waals surface area contributed by atoms with Gasteiger partial charge in [-0.1, -0.05) is 6.07 Å². The molecule has 1 heterocycles. The Hall–Kier alpha value is -1.32. The minimum Gasteiger partial charge on any atom is -1.00 e. The molecule has 4 heteroatoms. The van der Waals surface area contributed by atoms with Gasteiger partial charge in [0.05, 0.1) is 12.0 Å². The lowest BCUT2D eigenvalue weighted by Crippen LogP contribution is -3.00. The average Bonchev–Trinajstić information content (AvgIpc) is 2.23. The van der Waals surface area contributed by atoms with Crippen molar-refractivity contribution in [3.63, 3.8) is 0 Å². The molecular weight excluding hydrogens is 214 g/mol. The number of ether oxygens (including phenoxy) is 1. The van der Waals surface area contributed by atoms with Gasteiger partial charge in [-0.2, -0.15) is 0 Å². The largest absolute Gasteiger partial charge is 1.00 e. The Kier molecular flexibility index (Phi) is 3.88. The highest BCUT2D eigenvalue weighted by Gasteiger charge is 2.09. The van der Waals surface area contributed by atoms with Crippen molar-refractivity contribution < 1.29 is 27.2 Å². The van der Waals surface area contributed by atoms with Crippen molar-refractivity contribution >= 4 is 10.9 Å². The molecule has 0 radical (unpaired) electrons. The van der Waals surface area contributed by atoms with E-state index < -0.39 is 0 Å². The van der Waals surface area contributed by atoms with Crippen molar-refractivity contribution in [2.24, 2.45) is 0 Å². The number of phenols is 1. The zero-order valence-corrected chi connectivity index (χ0v) is 9.08. The molecule has 2 aromatic rings. The third-order valence-corrected chi connectivity index (χ3v) is 2.20. The quantitative estimate of drug-likeness (QED) is 0.677. The Morgan fingerprint density at radius 2 is 2.13 bits per heavy atom. The Balaban J connectivity index is 0.00000112. The fourth-order valence-electron chi connectivity index (χ4n) is 1.55. The number of aromatic hydroxyl groups is 1. The number of fused-ring (bicyclic) bond motifs is 1. The highest BCUT2D eigenvalue weighted by atomic mass is 35.5. The Labute approximate surface area is 94.1 Å². The number of phenolic OH excluding ortho intramolecular Hbond substituents is 1. The molecule has 2 N–H and O–H groups in total. The number of rotatable bonds is 2. The number of H-pyrrole nitrogens is 1. The summed E-state index contributed by atoms with van der Waals surface area (Å²) in [7, 11) is 1.66. The Morgan fingerprint density at radius 3 is 2.87 bits per heavy atom. The van der Waals surface area contributed by atoms with Gasteiger partial charge in [-0.25, -0.2) is 4.98 Å². The molecule has 15 heavy (non-hydrogen) atoms. The van der Waals surface area contributed by atoms with E-state index in [1.54, 1.807) is 19.4 Å². The summed E-state index contributed by atoms with van der Waals surface area (Å²) in [5.41, 5.74) is 1.82. The van der Waals surface area contributed by atoms with Crippen LogP contribution in [0.4, 0.5) is 0 Å². The van der Waals surface area contributed by atoms with E-state index in [9.17, 15) is 5.11 Å². The predicted molar refractivity (Wildman–Crippen MR) is 52.9 cm³/mol. The predicted octanol–water partition coefficient (Wildman–Crippen LogP) is -1.49. The van der Waals surface area contributed by atoms with Crippen molar-refractivity contribution in [2.75, 3.05) is 7.11 Å². The maximum absolute atomic E-state index is 9.59. The summed E-state index contributed by atoms with van der Waals surface area (Å²) >= 11 is 0. The van der Waals surface area contributed by atoms with Gasteiger partial charge in [-0.15, -0.1) is 0 Å². The number of aromatic amines is 1. The number of benzene rings is 1. The van der Waals surface area contributed by atoms with Gasteiger partial charge >= 0.3 is 0 Å². The smallest absolute Gasteiger partial charge is 0.253 e. The second kappa shape index (κ2) is 4.96. The highest BCUT2D eigenvalue weighted by Crippen LogP contribution is 2.23. The summed E-state index contributed by atoms with van der Waals surface area (Å²) in [4.78, 5) is 3.01.